The van der Waals surface area contributed by atoms with E-state index in [1.807, 2.05) is 25.3 Å². The van der Waals surface area contributed by atoms with Crippen molar-refractivity contribution in [1.29, 1.82) is 0 Å². The van der Waals surface area contributed by atoms with Gasteiger partial charge in [0.1, 0.15) is 5.75 Å². The molecule has 0 spiro atoms. The van der Waals surface area contributed by atoms with Crippen molar-refractivity contribution in [2.24, 2.45) is 5.92 Å². The summed E-state index contributed by atoms with van der Waals surface area (Å²) in [6.45, 7) is 7.97. The lowest BCUT2D eigenvalue weighted by molar-refractivity contribution is 0.402. The van der Waals surface area contributed by atoms with Crippen LogP contribution in [0.3, 0.4) is 0 Å². The Labute approximate surface area is 126 Å². The molecule has 5 heteroatoms. The van der Waals surface area contributed by atoms with Crippen LogP contribution in [-0.2, 0) is 13.1 Å². The van der Waals surface area contributed by atoms with Crippen molar-refractivity contribution in [2.75, 3.05) is 7.11 Å². The zero-order valence-electron chi connectivity index (χ0n) is 13.2. The van der Waals surface area contributed by atoms with Crippen molar-refractivity contribution in [3.63, 3.8) is 0 Å². The Bertz CT molecular complexity index is 548. The van der Waals surface area contributed by atoms with Crippen LogP contribution in [0.1, 0.15) is 38.1 Å². The number of hydrogen-bond acceptors (Lipinski definition) is 4. The van der Waals surface area contributed by atoms with Crippen LogP contribution in [0.4, 0.5) is 0 Å². The molecular weight excluding hydrogens is 264 g/mol. The molecule has 0 saturated carbocycles. The summed E-state index contributed by atoms with van der Waals surface area (Å²) in [6, 6.07) is 8.50. The molecule has 1 aromatic heterocycles. The smallest absolute Gasteiger partial charge is 0.118 e. The summed E-state index contributed by atoms with van der Waals surface area (Å²) < 4.78 is 5.21. The van der Waals surface area contributed by atoms with E-state index in [1.165, 1.54) is 5.56 Å². The van der Waals surface area contributed by atoms with Gasteiger partial charge in [-0.2, -0.15) is 15.0 Å². The lowest BCUT2D eigenvalue weighted by Crippen LogP contribution is -2.25. The fourth-order valence-electron chi connectivity index (χ4n) is 2.33. The maximum Gasteiger partial charge on any atom is 0.118 e. The third-order valence-electron chi connectivity index (χ3n) is 3.51. The molecule has 1 aromatic carbocycles. The van der Waals surface area contributed by atoms with Crippen LogP contribution in [0, 0.1) is 5.92 Å². The van der Waals surface area contributed by atoms with E-state index in [1.54, 1.807) is 11.9 Å². The second-order valence-electron chi connectivity index (χ2n) is 5.40. The van der Waals surface area contributed by atoms with Gasteiger partial charge in [-0.05, 0) is 30.5 Å². The van der Waals surface area contributed by atoms with E-state index in [0.717, 1.165) is 24.5 Å². The van der Waals surface area contributed by atoms with Gasteiger partial charge in [0.15, 0.2) is 0 Å². The molecule has 0 aliphatic rings. The van der Waals surface area contributed by atoms with E-state index in [4.69, 9.17) is 4.74 Å². The van der Waals surface area contributed by atoms with E-state index < -0.39 is 0 Å². The van der Waals surface area contributed by atoms with Gasteiger partial charge in [-0.1, -0.05) is 26.0 Å². The van der Waals surface area contributed by atoms with Crippen molar-refractivity contribution in [3.8, 4) is 5.75 Å². The molecule has 2 rings (SSSR count). The number of nitrogens with zero attached hydrogens (tertiary/aromatic N) is 3. The van der Waals surface area contributed by atoms with E-state index in [0.29, 0.717) is 5.92 Å². The highest BCUT2D eigenvalue weighted by atomic mass is 16.5. The summed E-state index contributed by atoms with van der Waals surface area (Å²) in [7, 11) is 1.68. The Hall–Kier alpha value is -1.88. The highest BCUT2D eigenvalue weighted by molar-refractivity contribution is 5.29. The van der Waals surface area contributed by atoms with Crippen LogP contribution in [0.25, 0.3) is 0 Å². The Morgan fingerprint density at radius 2 is 1.95 bits per heavy atom. The average molecular weight is 288 g/mol. The van der Waals surface area contributed by atoms with Gasteiger partial charge in [0.05, 0.1) is 25.5 Å². The first-order chi connectivity index (χ1) is 10.1. The highest BCUT2D eigenvalue weighted by Crippen LogP contribution is 2.24. The van der Waals surface area contributed by atoms with Crippen LogP contribution in [0.2, 0.25) is 0 Å². The minimum atomic E-state index is 0.280. The van der Waals surface area contributed by atoms with Crippen LogP contribution < -0.4 is 10.1 Å². The second kappa shape index (κ2) is 7.22. The summed E-state index contributed by atoms with van der Waals surface area (Å²) in [5.74, 6) is 1.37. The predicted octanol–water partition coefficient (Wildman–Crippen LogP) is 2.79. The summed E-state index contributed by atoms with van der Waals surface area (Å²) >= 11 is 0. The molecule has 1 atom stereocenters. The number of methoxy groups -OCH3 is 1. The highest BCUT2D eigenvalue weighted by Gasteiger charge is 2.16. The monoisotopic (exact) mass is 288 g/mol. The van der Waals surface area contributed by atoms with Crippen LogP contribution in [0.5, 0.6) is 5.75 Å². The van der Waals surface area contributed by atoms with Gasteiger partial charge in [0, 0.05) is 12.6 Å². The lowest BCUT2D eigenvalue weighted by atomic mass is 9.96. The molecule has 114 valence electrons. The predicted molar refractivity (Wildman–Crippen MR) is 83.1 cm³/mol. The summed E-state index contributed by atoms with van der Waals surface area (Å²) in [4.78, 5) is 1.70. The first-order valence-electron chi connectivity index (χ1n) is 7.40. The normalized spacial score (nSPS) is 12.6. The second-order valence-corrected chi connectivity index (χ2v) is 5.40. The summed E-state index contributed by atoms with van der Waals surface area (Å²) in [5.41, 5.74) is 2.23. The molecule has 0 fully saturated rings. The molecule has 0 amide bonds. The van der Waals surface area contributed by atoms with Crippen molar-refractivity contribution in [1.82, 2.24) is 20.3 Å². The molecule has 2 aromatic rings. The van der Waals surface area contributed by atoms with Gasteiger partial charge >= 0.3 is 0 Å². The van der Waals surface area contributed by atoms with E-state index in [-0.39, 0.29) is 6.04 Å². The molecule has 1 unspecified atom stereocenters. The fourth-order valence-corrected chi connectivity index (χ4v) is 2.33. The zero-order valence-corrected chi connectivity index (χ0v) is 13.2. The number of aromatic nitrogens is 3. The number of nitrogens with one attached hydrogen (secondary N) is 1. The van der Waals surface area contributed by atoms with Crippen molar-refractivity contribution in [3.05, 3.63) is 41.7 Å². The van der Waals surface area contributed by atoms with E-state index in [9.17, 15) is 0 Å². The Kier molecular flexibility index (Phi) is 5.33. The van der Waals surface area contributed by atoms with Crippen LogP contribution in [-0.4, -0.2) is 22.1 Å². The number of benzene rings is 1. The third-order valence-corrected chi connectivity index (χ3v) is 3.51. The Morgan fingerprint density at radius 3 is 2.48 bits per heavy atom. The van der Waals surface area contributed by atoms with Crippen molar-refractivity contribution in [2.45, 2.75) is 39.9 Å². The molecule has 0 aliphatic heterocycles. The standard InChI is InChI=1S/C16H24N4O/c1-5-20-18-11-14(19-20)10-17-16(12(2)3)13-6-8-15(21-4)9-7-13/h6-9,11-12,16-17H,5,10H2,1-4H3. The molecule has 1 heterocycles. The molecule has 21 heavy (non-hydrogen) atoms. The SMILES string of the molecule is CCn1ncc(CNC(c2ccc(OC)cc2)C(C)C)n1. The summed E-state index contributed by atoms with van der Waals surface area (Å²) in [5, 5.41) is 12.2. The summed E-state index contributed by atoms with van der Waals surface area (Å²) in [6.07, 6.45) is 1.82. The Morgan fingerprint density at radius 1 is 1.24 bits per heavy atom. The largest absolute Gasteiger partial charge is 0.497 e. The molecule has 0 bridgehead atoms. The average Bonchev–Trinajstić information content (AvgIpc) is 2.96. The van der Waals surface area contributed by atoms with Gasteiger partial charge in [-0.25, -0.2) is 0 Å². The zero-order chi connectivity index (χ0) is 15.2. The molecule has 1 N–H and O–H groups in total. The Balaban J connectivity index is 2.04. The van der Waals surface area contributed by atoms with Crippen LogP contribution in [0.15, 0.2) is 30.5 Å². The quantitative estimate of drug-likeness (QED) is 0.851. The number of rotatable bonds is 7. The third kappa shape index (κ3) is 4.04. The van der Waals surface area contributed by atoms with Gasteiger partial charge in [-0.3, -0.25) is 0 Å². The van der Waals surface area contributed by atoms with E-state index in [2.05, 4.69) is 41.5 Å². The van der Waals surface area contributed by atoms with Gasteiger partial charge < -0.3 is 10.1 Å². The number of hydrogen-bond donors (Lipinski definition) is 1. The topological polar surface area (TPSA) is 52.0 Å². The first kappa shape index (κ1) is 15.5. The van der Waals surface area contributed by atoms with Gasteiger partial charge in [0.25, 0.3) is 0 Å². The van der Waals surface area contributed by atoms with Crippen LogP contribution >= 0.6 is 0 Å². The molecule has 0 radical (unpaired) electrons. The minimum absolute atomic E-state index is 0.280. The maximum atomic E-state index is 5.21. The van der Waals surface area contributed by atoms with Crippen molar-refractivity contribution < 1.29 is 4.74 Å². The molecule has 0 saturated heterocycles. The van der Waals surface area contributed by atoms with E-state index >= 15 is 0 Å². The minimum Gasteiger partial charge on any atom is -0.497 e. The van der Waals surface area contributed by atoms with Gasteiger partial charge in [-0.15, -0.1) is 0 Å². The molecule has 0 aliphatic carbocycles. The lowest BCUT2D eigenvalue weighted by Gasteiger charge is -2.22. The molecule has 5 nitrogen and oxygen atoms in total. The number of ether oxygens (including phenoxy) is 1. The fraction of sp³-hybridized carbons (Fsp3) is 0.500. The number of aryl methyl sites for hydroxylation is 1. The van der Waals surface area contributed by atoms with Gasteiger partial charge in [0.2, 0.25) is 0 Å². The molecular formula is C16H24N4O. The van der Waals surface area contributed by atoms with Crippen molar-refractivity contribution >= 4 is 0 Å². The first-order valence-corrected chi connectivity index (χ1v) is 7.40. The maximum absolute atomic E-state index is 5.21.